The molecule has 4 rings (SSSR count). The van der Waals surface area contributed by atoms with E-state index in [1.165, 1.54) is 0 Å². The summed E-state index contributed by atoms with van der Waals surface area (Å²) in [4.78, 5) is 19.5. The van der Waals surface area contributed by atoms with E-state index < -0.39 is 0 Å². The molecule has 6 heteroatoms. The summed E-state index contributed by atoms with van der Waals surface area (Å²) in [6, 6.07) is 25.7. The molecule has 3 aromatic rings. The predicted octanol–water partition coefficient (Wildman–Crippen LogP) is 6.00. The van der Waals surface area contributed by atoms with Crippen molar-refractivity contribution >= 4 is 17.5 Å². The van der Waals surface area contributed by atoms with E-state index in [-0.39, 0.29) is 6.03 Å². The fourth-order valence-corrected chi connectivity index (χ4v) is 4.17. The maximum atomic E-state index is 13.3. The minimum absolute atomic E-state index is 0.113. The van der Waals surface area contributed by atoms with Crippen LogP contribution in [0.15, 0.2) is 90.8 Å². The van der Waals surface area contributed by atoms with Gasteiger partial charge in [0.25, 0.3) is 0 Å². The number of para-hydroxylation sites is 1. The summed E-state index contributed by atoms with van der Waals surface area (Å²) in [7, 11) is 0. The summed E-state index contributed by atoms with van der Waals surface area (Å²) >= 11 is 0. The van der Waals surface area contributed by atoms with Gasteiger partial charge in [0.05, 0.1) is 11.3 Å². The van der Waals surface area contributed by atoms with Gasteiger partial charge in [-0.05, 0) is 61.9 Å². The van der Waals surface area contributed by atoms with Gasteiger partial charge in [-0.15, -0.1) is 0 Å². The maximum absolute atomic E-state index is 13.3. The molecule has 1 heterocycles. The first-order valence-corrected chi connectivity index (χ1v) is 11.7. The Morgan fingerprint density at radius 1 is 1.03 bits per heavy atom. The van der Waals surface area contributed by atoms with E-state index in [4.69, 9.17) is 5.26 Å². The normalized spacial score (nSPS) is 17.3. The van der Waals surface area contributed by atoms with Crippen molar-refractivity contribution in [3.8, 4) is 6.07 Å². The van der Waals surface area contributed by atoms with Crippen molar-refractivity contribution in [3.05, 3.63) is 102 Å². The van der Waals surface area contributed by atoms with Crippen LogP contribution in [-0.2, 0) is 6.54 Å². The topological polar surface area (TPSA) is 81.0 Å². The molecule has 0 radical (unpaired) electrons. The number of nitrogens with zero attached hydrogens (tertiary/aromatic N) is 3. The number of amides is 2. The number of pyridine rings is 1. The molecule has 0 unspecified atom stereocenters. The van der Waals surface area contributed by atoms with E-state index in [9.17, 15) is 4.79 Å². The van der Waals surface area contributed by atoms with Crippen molar-refractivity contribution in [2.45, 2.75) is 44.7 Å². The average molecular weight is 452 g/mol. The molecule has 0 bridgehead atoms. The summed E-state index contributed by atoms with van der Waals surface area (Å²) < 4.78 is 0. The van der Waals surface area contributed by atoms with Crippen LogP contribution < -0.4 is 15.5 Å². The zero-order valence-electron chi connectivity index (χ0n) is 19.2. The highest BCUT2D eigenvalue weighted by molar-refractivity contribution is 5.95. The lowest BCUT2D eigenvalue weighted by atomic mass is 9.98. The molecule has 0 aliphatic heterocycles. The van der Waals surface area contributed by atoms with Gasteiger partial charge in [-0.25, -0.2) is 9.78 Å². The van der Waals surface area contributed by atoms with Crippen molar-refractivity contribution in [3.63, 3.8) is 0 Å². The molecule has 1 atom stereocenters. The third-order valence-electron chi connectivity index (χ3n) is 5.92. The van der Waals surface area contributed by atoms with Crippen molar-refractivity contribution in [1.82, 2.24) is 10.3 Å². The second-order valence-electron chi connectivity index (χ2n) is 8.37. The summed E-state index contributed by atoms with van der Waals surface area (Å²) in [5, 5.41) is 15.5. The molecule has 34 heavy (non-hydrogen) atoms. The minimum Gasteiger partial charge on any atom is -0.367 e. The molecular weight excluding hydrogens is 422 g/mol. The van der Waals surface area contributed by atoms with Crippen molar-refractivity contribution in [1.29, 1.82) is 5.26 Å². The Balaban J connectivity index is 1.44. The second-order valence-corrected chi connectivity index (χ2v) is 8.37. The predicted molar refractivity (Wildman–Crippen MR) is 135 cm³/mol. The molecule has 172 valence electrons. The quantitative estimate of drug-likeness (QED) is 0.482. The van der Waals surface area contributed by atoms with E-state index >= 15 is 0 Å². The molecule has 2 amide bonds. The average Bonchev–Trinajstić information content (AvgIpc) is 2.87. The highest BCUT2D eigenvalue weighted by Crippen LogP contribution is 2.27. The standard InChI is InChI=1S/C28H29N5O/c29-19-23-17-18-27(30-21-23)32-24-11-7-15-26(16-8-12-24)33(25-13-5-2-6-14-25)28(34)31-20-22-9-3-1-4-10-22/h1-6,9-10,13-15,17-18,21,24H,7-8,11-12,16,20H2,(H,30,32)(H,31,34)/b26-15-/t24-/m0/s1. The molecule has 0 spiro atoms. The fraction of sp³-hybridized carbons (Fsp3) is 0.250. The first-order chi connectivity index (χ1) is 16.7. The third kappa shape index (κ3) is 6.23. The van der Waals surface area contributed by atoms with Gasteiger partial charge in [-0.2, -0.15) is 5.26 Å². The van der Waals surface area contributed by atoms with Gasteiger partial charge in [0, 0.05) is 24.5 Å². The molecule has 2 aromatic carbocycles. The molecule has 1 aromatic heterocycles. The number of anilines is 2. The van der Waals surface area contributed by atoms with Gasteiger partial charge in [-0.1, -0.05) is 54.6 Å². The molecule has 1 aliphatic carbocycles. The monoisotopic (exact) mass is 451 g/mol. The largest absolute Gasteiger partial charge is 0.367 e. The van der Waals surface area contributed by atoms with Crippen LogP contribution in [0.5, 0.6) is 0 Å². The minimum atomic E-state index is -0.113. The summed E-state index contributed by atoms with van der Waals surface area (Å²) in [5.41, 5.74) is 3.53. The van der Waals surface area contributed by atoms with Gasteiger partial charge in [0.2, 0.25) is 0 Å². The number of hydrogen-bond acceptors (Lipinski definition) is 4. The zero-order chi connectivity index (χ0) is 23.6. The van der Waals surface area contributed by atoms with Gasteiger partial charge >= 0.3 is 6.03 Å². The highest BCUT2D eigenvalue weighted by atomic mass is 16.2. The lowest BCUT2D eigenvalue weighted by molar-refractivity contribution is 0.247. The zero-order valence-corrected chi connectivity index (χ0v) is 19.2. The van der Waals surface area contributed by atoms with Crippen LogP contribution in [0.25, 0.3) is 0 Å². The second kappa shape index (κ2) is 11.7. The molecule has 2 N–H and O–H groups in total. The first kappa shape index (κ1) is 23.1. The number of urea groups is 1. The Kier molecular flexibility index (Phi) is 7.91. The fourth-order valence-electron chi connectivity index (χ4n) is 4.17. The Bertz CT molecular complexity index is 1140. The number of carbonyl (C=O) groups excluding carboxylic acids is 1. The molecule has 0 fully saturated rings. The molecule has 0 saturated carbocycles. The number of hydrogen-bond donors (Lipinski definition) is 2. The van der Waals surface area contributed by atoms with Crippen LogP contribution >= 0.6 is 0 Å². The van der Waals surface area contributed by atoms with E-state index in [2.05, 4.69) is 27.8 Å². The van der Waals surface area contributed by atoms with Crippen molar-refractivity contribution in [2.24, 2.45) is 0 Å². The molecule has 1 aliphatic rings. The van der Waals surface area contributed by atoms with E-state index in [1.807, 2.05) is 71.6 Å². The lowest BCUT2D eigenvalue weighted by Crippen LogP contribution is -2.39. The first-order valence-electron chi connectivity index (χ1n) is 11.7. The van der Waals surface area contributed by atoms with Crippen LogP contribution in [0.1, 0.15) is 43.2 Å². The van der Waals surface area contributed by atoms with Crippen LogP contribution in [0.2, 0.25) is 0 Å². The van der Waals surface area contributed by atoms with Crippen molar-refractivity contribution in [2.75, 3.05) is 10.2 Å². The smallest absolute Gasteiger partial charge is 0.326 e. The van der Waals surface area contributed by atoms with Gasteiger partial charge < -0.3 is 10.6 Å². The van der Waals surface area contributed by atoms with Crippen LogP contribution in [0.4, 0.5) is 16.3 Å². The summed E-state index contributed by atoms with van der Waals surface area (Å²) in [5.74, 6) is 0.792. The summed E-state index contributed by atoms with van der Waals surface area (Å²) in [6.45, 7) is 0.486. The molecule has 6 nitrogen and oxygen atoms in total. The summed E-state index contributed by atoms with van der Waals surface area (Å²) in [6.07, 6.45) is 8.33. The molecular formula is C28H29N5O. The van der Waals surface area contributed by atoms with Gasteiger partial charge in [0.1, 0.15) is 11.9 Å². The maximum Gasteiger partial charge on any atom is 0.326 e. The van der Waals surface area contributed by atoms with Gasteiger partial charge in [-0.3, -0.25) is 4.90 Å². The number of aromatic nitrogens is 1. The van der Waals surface area contributed by atoms with Gasteiger partial charge in [0.15, 0.2) is 0 Å². The lowest BCUT2D eigenvalue weighted by Gasteiger charge is -2.29. The SMILES string of the molecule is N#Cc1ccc(N[C@H]2CC/C=C(\N(C(=O)NCc3ccccc3)c3ccccc3)CCC2)nc1. The van der Waals surface area contributed by atoms with E-state index in [0.29, 0.717) is 18.2 Å². The van der Waals surface area contributed by atoms with Crippen LogP contribution in [0, 0.1) is 11.3 Å². The van der Waals surface area contributed by atoms with Crippen molar-refractivity contribution < 1.29 is 4.79 Å². The Labute approximate surface area is 200 Å². The van der Waals surface area contributed by atoms with Crippen LogP contribution in [-0.4, -0.2) is 17.1 Å². The Morgan fingerprint density at radius 3 is 2.50 bits per heavy atom. The Morgan fingerprint density at radius 2 is 1.79 bits per heavy atom. The van der Waals surface area contributed by atoms with E-state index in [1.54, 1.807) is 12.3 Å². The number of benzene rings is 2. The third-order valence-corrected chi connectivity index (χ3v) is 5.92. The molecule has 0 saturated heterocycles. The van der Waals surface area contributed by atoms with E-state index in [0.717, 1.165) is 54.9 Å². The van der Waals surface area contributed by atoms with Crippen LogP contribution in [0.3, 0.4) is 0 Å². The number of rotatable bonds is 6. The number of nitriles is 1. The number of carbonyl (C=O) groups is 1. The number of nitrogens with one attached hydrogen (secondary N) is 2. The Hall–Kier alpha value is -4.11. The number of allylic oxidation sites excluding steroid dienone is 2. The highest BCUT2D eigenvalue weighted by Gasteiger charge is 2.22.